The third-order valence-electron chi connectivity index (χ3n) is 4.50. The number of rotatable bonds is 4. The van der Waals surface area contributed by atoms with Crippen LogP contribution in [0.2, 0.25) is 0 Å². The Labute approximate surface area is 161 Å². The molecule has 0 saturated heterocycles. The van der Waals surface area contributed by atoms with Crippen molar-refractivity contribution in [3.05, 3.63) is 45.9 Å². The van der Waals surface area contributed by atoms with E-state index in [0.717, 1.165) is 47.8 Å². The Kier molecular flexibility index (Phi) is 4.45. The fraction of sp³-hybridized carbons (Fsp3) is 0.333. The van der Waals surface area contributed by atoms with Crippen LogP contribution in [0.15, 0.2) is 22.9 Å². The summed E-state index contributed by atoms with van der Waals surface area (Å²) in [6.07, 6.45) is -1.70. The Morgan fingerprint density at radius 1 is 1.32 bits per heavy atom. The van der Waals surface area contributed by atoms with Gasteiger partial charge in [-0.2, -0.15) is 17.5 Å². The van der Waals surface area contributed by atoms with Crippen LogP contribution >= 0.6 is 11.5 Å². The Bertz CT molecular complexity index is 1030. The van der Waals surface area contributed by atoms with Gasteiger partial charge in [-0.1, -0.05) is 5.16 Å². The predicted octanol–water partition coefficient (Wildman–Crippen LogP) is 4.96. The maximum absolute atomic E-state index is 12.8. The van der Waals surface area contributed by atoms with Gasteiger partial charge < -0.3 is 9.84 Å². The number of alkyl halides is 3. The molecule has 3 heterocycles. The molecule has 4 rings (SSSR count). The molecular formula is C18H15F3N4O2S. The molecule has 1 aliphatic carbocycles. The van der Waals surface area contributed by atoms with E-state index >= 15 is 0 Å². The minimum atomic E-state index is -4.58. The van der Waals surface area contributed by atoms with Gasteiger partial charge in [0.15, 0.2) is 0 Å². The van der Waals surface area contributed by atoms with E-state index in [9.17, 15) is 18.0 Å². The molecule has 1 saturated carbocycles. The first-order valence-corrected chi connectivity index (χ1v) is 9.30. The fourth-order valence-corrected chi connectivity index (χ4v) is 3.93. The number of aryl methyl sites for hydroxylation is 2. The Balaban J connectivity index is 1.68. The molecule has 0 radical (unpaired) electrons. The summed E-state index contributed by atoms with van der Waals surface area (Å²) in [4.78, 5) is 16.5. The van der Waals surface area contributed by atoms with Gasteiger partial charge in [-0.05, 0) is 56.3 Å². The maximum Gasteiger partial charge on any atom is 0.433 e. The van der Waals surface area contributed by atoms with Gasteiger partial charge in [-0.15, -0.1) is 0 Å². The monoisotopic (exact) mass is 408 g/mol. The lowest BCUT2D eigenvalue weighted by molar-refractivity contribution is -0.141. The Morgan fingerprint density at radius 2 is 2.07 bits per heavy atom. The van der Waals surface area contributed by atoms with Crippen LogP contribution in [-0.4, -0.2) is 20.4 Å². The van der Waals surface area contributed by atoms with Crippen molar-refractivity contribution < 1.29 is 22.5 Å². The largest absolute Gasteiger partial charge is 0.433 e. The standard InChI is InChI=1S/C18H15F3N4O2S/c1-8-13(9(2)27-24-8)15-14(10-3-4-10)16(28-25-15)17(26)23-11-5-6-22-12(7-11)18(19,20)21/h5-7,10H,3-4H2,1-2H3,(H,22,23,26). The highest BCUT2D eigenvalue weighted by Crippen LogP contribution is 2.48. The molecule has 0 bridgehead atoms. The minimum absolute atomic E-state index is 0.0290. The molecule has 3 aromatic heterocycles. The minimum Gasteiger partial charge on any atom is -0.361 e. The van der Waals surface area contributed by atoms with Crippen molar-refractivity contribution in [2.24, 2.45) is 0 Å². The van der Waals surface area contributed by atoms with Crippen LogP contribution in [0.4, 0.5) is 18.9 Å². The van der Waals surface area contributed by atoms with Crippen molar-refractivity contribution in [1.82, 2.24) is 14.5 Å². The van der Waals surface area contributed by atoms with E-state index in [1.807, 2.05) is 0 Å². The average molecular weight is 408 g/mol. The van der Waals surface area contributed by atoms with E-state index in [2.05, 4.69) is 19.8 Å². The summed E-state index contributed by atoms with van der Waals surface area (Å²) in [5.41, 5.74) is 1.89. The highest BCUT2D eigenvalue weighted by atomic mass is 32.1. The quantitative estimate of drug-likeness (QED) is 0.660. The second-order valence-corrected chi connectivity index (χ2v) is 7.40. The van der Waals surface area contributed by atoms with Crippen LogP contribution in [0.1, 0.15) is 51.1 Å². The number of carbonyl (C=O) groups is 1. The zero-order chi connectivity index (χ0) is 20.1. The number of amides is 1. The number of halogens is 3. The van der Waals surface area contributed by atoms with Crippen molar-refractivity contribution in [2.45, 2.75) is 38.8 Å². The molecule has 0 aliphatic heterocycles. The van der Waals surface area contributed by atoms with Crippen molar-refractivity contribution >= 4 is 23.1 Å². The number of nitrogens with zero attached hydrogens (tertiary/aromatic N) is 3. The Morgan fingerprint density at radius 3 is 2.68 bits per heavy atom. The van der Waals surface area contributed by atoms with Gasteiger partial charge >= 0.3 is 6.18 Å². The van der Waals surface area contributed by atoms with Gasteiger partial charge in [-0.3, -0.25) is 9.78 Å². The molecule has 1 fully saturated rings. The first kappa shape index (κ1) is 18.6. The topological polar surface area (TPSA) is 80.9 Å². The fourth-order valence-electron chi connectivity index (χ4n) is 3.06. The molecule has 1 amide bonds. The first-order valence-electron chi connectivity index (χ1n) is 8.53. The number of aromatic nitrogens is 3. The van der Waals surface area contributed by atoms with Crippen LogP contribution < -0.4 is 5.32 Å². The van der Waals surface area contributed by atoms with E-state index in [1.54, 1.807) is 13.8 Å². The molecule has 0 atom stereocenters. The van der Waals surface area contributed by atoms with Crippen molar-refractivity contribution in [2.75, 3.05) is 5.32 Å². The predicted molar refractivity (Wildman–Crippen MR) is 96.3 cm³/mol. The maximum atomic E-state index is 12.8. The molecule has 0 unspecified atom stereocenters. The highest BCUT2D eigenvalue weighted by molar-refractivity contribution is 7.08. The van der Waals surface area contributed by atoms with Gasteiger partial charge in [-0.25, -0.2) is 0 Å². The molecular weight excluding hydrogens is 393 g/mol. The molecule has 6 nitrogen and oxygen atoms in total. The smallest absolute Gasteiger partial charge is 0.361 e. The van der Waals surface area contributed by atoms with Crippen LogP contribution in [0.5, 0.6) is 0 Å². The molecule has 146 valence electrons. The second kappa shape index (κ2) is 6.69. The van der Waals surface area contributed by atoms with Gasteiger partial charge in [0.25, 0.3) is 5.91 Å². The lowest BCUT2D eigenvalue weighted by atomic mass is 10.0. The molecule has 1 N–H and O–H groups in total. The van der Waals surface area contributed by atoms with E-state index < -0.39 is 17.8 Å². The summed E-state index contributed by atoms with van der Waals surface area (Å²) in [5.74, 6) is 0.323. The van der Waals surface area contributed by atoms with Crippen LogP contribution in [0.25, 0.3) is 11.3 Å². The van der Waals surface area contributed by atoms with Crippen LogP contribution in [0, 0.1) is 13.8 Å². The molecule has 10 heteroatoms. The molecule has 0 spiro atoms. The van der Waals surface area contributed by atoms with Crippen LogP contribution in [0.3, 0.4) is 0 Å². The van der Waals surface area contributed by atoms with Crippen molar-refractivity contribution in [3.63, 3.8) is 0 Å². The van der Waals surface area contributed by atoms with Crippen molar-refractivity contribution in [1.29, 1.82) is 0 Å². The van der Waals surface area contributed by atoms with Gasteiger partial charge in [0.05, 0.1) is 17.0 Å². The number of hydrogen-bond acceptors (Lipinski definition) is 6. The van der Waals surface area contributed by atoms with E-state index in [-0.39, 0.29) is 11.6 Å². The molecule has 3 aromatic rings. The Hall–Kier alpha value is -2.75. The van der Waals surface area contributed by atoms with Gasteiger partial charge in [0, 0.05) is 17.4 Å². The zero-order valence-electron chi connectivity index (χ0n) is 14.9. The van der Waals surface area contributed by atoms with E-state index in [0.29, 0.717) is 22.0 Å². The average Bonchev–Trinajstić information content (AvgIpc) is 3.30. The normalized spacial score (nSPS) is 14.3. The lowest BCUT2D eigenvalue weighted by Gasteiger charge is -2.09. The number of hydrogen-bond donors (Lipinski definition) is 1. The SMILES string of the molecule is Cc1noc(C)c1-c1nsc(C(=O)Nc2ccnc(C(F)(F)F)c2)c1C1CC1. The van der Waals surface area contributed by atoms with E-state index in [1.165, 1.54) is 6.07 Å². The van der Waals surface area contributed by atoms with Gasteiger partial charge in [0.2, 0.25) is 0 Å². The first-order chi connectivity index (χ1) is 13.3. The number of carbonyl (C=O) groups excluding carboxylic acids is 1. The second-order valence-electron chi connectivity index (χ2n) is 6.63. The van der Waals surface area contributed by atoms with Crippen LogP contribution in [-0.2, 0) is 6.18 Å². The number of anilines is 1. The van der Waals surface area contributed by atoms with Crippen molar-refractivity contribution in [3.8, 4) is 11.3 Å². The van der Waals surface area contributed by atoms with Gasteiger partial charge in [0.1, 0.15) is 16.3 Å². The summed E-state index contributed by atoms with van der Waals surface area (Å²) in [6, 6.07) is 2.13. The lowest BCUT2D eigenvalue weighted by Crippen LogP contribution is -2.14. The summed E-state index contributed by atoms with van der Waals surface area (Å²) < 4.78 is 48.2. The molecule has 0 aromatic carbocycles. The zero-order valence-corrected chi connectivity index (χ0v) is 15.7. The number of pyridine rings is 1. The molecule has 1 aliphatic rings. The third kappa shape index (κ3) is 3.39. The summed E-state index contributed by atoms with van der Waals surface area (Å²) in [5, 5.41) is 6.48. The molecule has 28 heavy (non-hydrogen) atoms. The summed E-state index contributed by atoms with van der Waals surface area (Å²) >= 11 is 1.03. The summed E-state index contributed by atoms with van der Waals surface area (Å²) in [7, 11) is 0. The number of nitrogens with one attached hydrogen (secondary N) is 1. The van der Waals surface area contributed by atoms with E-state index in [4.69, 9.17) is 4.52 Å². The highest BCUT2D eigenvalue weighted by Gasteiger charge is 2.36. The summed E-state index contributed by atoms with van der Waals surface area (Å²) in [6.45, 7) is 3.58. The third-order valence-corrected chi connectivity index (χ3v) is 5.36.